The summed E-state index contributed by atoms with van der Waals surface area (Å²) in [6.07, 6.45) is 5.61. The maximum Gasteiger partial charge on any atom is 0.315 e. The van der Waals surface area contributed by atoms with Crippen molar-refractivity contribution in [3.8, 4) is 5.75 Å². The number of unbranched alkanes of at least 4 members (excludes halogenated alkanes) is 2. The van der Waals surface area contributed by atoms with E-state index < -0.39 is 0 Å². The number of esters is 1. The number of carbonyl (C=O) groups is 2. The molecule has 0 radical (unpaired) electrons. The van der Waals surface area contributed by atoms with Crippen LogP contribution in [0.5, 0.6) is 5.75 Å². The van der Waals surface area contributed by atoms with E-state index in [4.69, 9.17) is 4.74 Å². The Balaban J connectivity index is 1.91. The van der Waals surface area contributed by atoms with Crippen molar-refractivity contribution in [2.45, 2.75) is 39.0 Å². The molecule has 0 N–H and O–H groups in total. The third kappa shape index (κ3) is 5.37. The predicted molar refractivity (Wildman–Crippen MR) is 90.8 cm³/mol. The number of hydrogen-bond acceptors (Lipinski definition) is 3. The summed E-state index contributed by atoms with van der Waals surface area (Å²) in [7, 11) is 0. The zero-order chi connectivity index (χ0) is 16.5. The lowest BCUT2D eigenvalue weighted by Gasteiger charge is -2.07. The quantitative estimate of drug-likeness (QED) is 0.314. The Labute approximate surface area is 137 Å². The molecule has 0 aromatic heterocycles. The predicted octanol–water partition coefficient (Wildman–Crippen LogP) is 4.38. The van der Waals surface area contributed by atoms with Crippen molar-refractivity contribution in [3.05, 3.63) is 65.2 Å². The number of ether oxygens (including phenoxy) is 1. The van der Waals surface area contributed by atoms with Crippen LogP contribution in [-0.2, 0) is 17.6 Å². The van der Waals surface area contributed by atoms with Crippen LogP contribution >= 0.6 is 0 Å². The molecule has 0 saturated heterocycles. The summed E-state index contributed by atoms with van der Waals surface area (Å²) < 4.78 is 5.28. The second-order valence-corrected chi connectivity index (χ2v) is 5.58. The Morgan fingerprint density at radius 2 is 1.70 bits per heavy atom. The molecular formula is C20H22O3. The zero-order valence-electron chi connectivity index (χ0n) is 13.5. The maximum atomic E-state index is 12.0. The number of rotatable bonds is 8. The van der Waals surface area contributed by atoms with E-state index in [-0.39, 0.29) is 12.4 Å². The summed E-state index contributed by atoms with van der Waals surface area (Å²) in [6, 6.07) is 14.8. The van der Waals surface area contributed by atoms with Gasteiger partial charge in [-0.25, -0.2) is 0 Å². The first-order valence-corrected chi connectivity index (χ1v) is 8.05. The van der Waals surface area contributed by atoms with Gasteiger partial charge in [-0.15, -0.1) is 0 Å². The number of aldehydes is 1. The molecule has 2 rings (SSSR count). The van der Waals surface area contributed by atoms with Gasteiger partial charge in [-0.1, -0.05) is 56.2 Å². The van der Waals surface area contributed by atoms with Gasteiger partial charge in [0.25, 0.3) is 0 Å². The largest absolute Gasteiger partial charge is 0.426 e. The van der Waals surface area contributed by atoms with Crippen LogP contribution < -0.4 is 4.74 Å². The van der Waals surface area contributed by atoms with Gasteiger partial charge in [0, 0.05) is 0 Å². The second-order valence-electron chi connectivity index (χ2n) is 5.58. The minimum atomic E-state index is -0.363. The molecule has 3 nitrogen and oxygen atoms in total. The minimum Gasteiger partial charge on any atom is -0.426 e. The highest BCUT2D eigenvalue weighted by atomic mass is 16.5. The van der Waals surface area contributed by atoms with Crippen molar-refractivity contribution in [3.63, 3.8) is 0 Å². The molecule has 23 heavy (non-hydrogen) atoms. The molecule has 0 unspecified atom stereocenters. The van der Waals surface area contributed by atoms with E-state index in [1.54, 1.807) is 24.3 Å². The first kappa shape index (κ1) is 16.9. The van der Waals surface area contributed by atoms with Gasteiger partial charge in [0.15, 0.2) is 6.29 Å². The van der Waals surface area contributed by atoms with Gasteiger partial charge in [-0.3, -0.25) is 9.59 Å². The summed E-state index contributed by atoms with van der Waals surface area (Å²) in [6.45, 7) is 2.19. The van der Waals surface area contributed by atoms with Crippen LogP contribution in [0, 0.1) is 0 Å². The SMILES string of the molecule is CCCCCc1ccc(CC(=O)Oc2ccccc2C=O)cc1. The van der Waals surface area contributed by atoms with Crippen LogP contribution in [-0.4, -0.2) is 12.3 Å². The number of carbonyl (C=O) groups excluding carboxylic acids is 2. The Morgan fingerprint density at radius 1 is 1.00 bits per heavy atom. The third-order valence-electron chi connectivity index (χ3n) is 3.71. The first-order valence-electron chi connectivity index (χ1n) is 8.05. The number of aryl methyl sites for hydroxylation is 1. The molecule has 120 valence electrons. The molecule has 0 amide bonds. The average Bonchev–Trinajstić information content (AvgIpc) is 2.57. The smallest absolute Gasteiger partial charge is 0.315 e. The van der Waals surface area contributed by atoms with E-state index >= 15 is 0 Å². The Bertz CT molecular complexity index is 644. The molecule has 0 aliphatic heterocycles. The second kappa shape index (κ2) is 8.89. The number of para-hydroxylation sites is 1. The summed E-state index contributed by atoms with van der Waals surface area (Å²) in [5, 5.41) is 0. The molecule has 0 aliphatic rings. The van der Waals surface area contributed by atoms with Gasteiger partial charge < -0.3 is 4.74 Å². The topological polar surface area (TPSA) is 43.4 Å². The molecule has 0 bridgehead atoms. The average molecular weight is 310 g/mol. The molecule has 0 aliphatic carbocycles. The van der Waals surface area contributed by atoms with Crippen LogP contribution in [0.2, 0.25) is 0 Å². The van der Waals surface area contributed by atoms with E-state index in [1.165, 1.54) is 24.8 Å². The molecule has 0 atom stereocenters. The highest BCUT2D eigenvalue weighted by Gasteiger charge is 2.09. The lowest BCUT2D eigenvalue weighted by atomic mass is 10.0. The number of hydrogen-bond donors (Lipinski definition) is 0. The van der Waals surface area contributed by atoms with Crippen molar-refractivity contribution >= 4 is 12.3 Å². The highest BCUT2D eigenvalue weighted by Crippen LogP contribution is 2.17. The van der Waals surface area contributed by atoms with Gasteiger partial charge in [0.2, 0.25) is 0 Å². The van der Waals surface area contributed by atoms with Gasteiger partial charge >= 0.3 is 5.97 Å². The van der Waals surface area contributed by atoms with Crippen LogP contribution in [0.1, 0.15) is 47.7 Å². The summed E-state index contributed by atoms with van der Waals surface area (Å²) in [4.78, 5) is 22.9. The maximum absolute atomic E-state index is 12.0. The molecule has 3 heteroatoms. The van der Waals surface area contributed by atoms with Crippen LogP contribution in [0.3, 0.4) is 0 Å². The lowest BCUT2D eigenvalue weighted by Crippen LogP contribution is -2.12. The van der Waals surface area contributed by atoms with E-state index in [0.717, 1.165) is 12.0 Å². The fourth-order valence-electron chi connectivity index (χ4n) is 2.40. The van der Waals surface area contributed by atoms with Gasteiger partial charge in [-0.2, -0.15) is 0 Å². The van der Waals surface area contributed by atoms with E-state index in [9.17, 15) is 9.59 Å². The lowest BCUT2D eigenvalue weighted by molar-refractivity contribution is -0.133. The fraction of sp³-hybridized carbons (Fsp3) is 0.300. The number of benzene rings is 2. The van der Waals surface area contributed by atoms with Crippen molar-refractivity contribution in [1.29, 1.82) is 0 Å². The minimum absolute atomic E-state index is 0.197. The Kier molecular flexibility index (Phi) is 6.55. The van der Waals surface area contributed by atoms with Crippen LogP contribution in [0.4, 0.5) is 0 Å². The van der Waals surface area contributed by atoms with E-state index in [0.29, 0.717) is 17.6 Å². The van der Waals surface area contributed by atoms with E-state index in [2.05, 4.69) is 19.1 Å². The molecule has 0 heterocycles. The Hall–Kier alpha value is -2.42. The fourth-order valence-corrected chi connectivity index (χ4v) is 2.40. The van der Waals surface area contributed by atoms with Crippen molar-refractivity contribution < 1.29 is 14.3 Å². The first-order chi connectivity index (χ1) is 11.2. The van der Waals surface area contributed by atoms with Crippen molar-refractivity contribution in [2.24, 2.45) is 0 Å². The van der Waals surface area contributed by atoms with Crippen molar-refractivity contribution in [1.82, 2.24) is 0 Å². The molecule has 0 fully saturated rings. The van der Waals surface area contributed by atoms with Gasteiger partial charge in [0.05, 0.1) is 12.0 Å². The molecular weight excluding hydrogens is 288 g/mol. The van der Waals surface area contributed by atoms with Gasteiger partial charge in [0.1, 0.15) is 5.75 Å². The van der Waals surface area contributed by atoms with Crippen LogP contribution in [0.25, 0.3) is 0 Å². The monoisotopic (exact) mass is 310 g/mol. The highest BCUT2D eigenvalue weighted by molar-refractivity contribution is 5.82. The van der Waals surface area contributed by atoms with Crippen LogP contribution in [0.15, 0.2) is 48.5 Å². The zero-order valence-corrected chi connectivity index (χ0v) is 13.5. The van der Waals surface area contributed by atoms with Gasteiger partial charge in [-0.05, 0) is 36.1 Å². The third-order valence-corrected chi connectivity index (χ3v) is 3.71. The van der Waals surface area contributed by atoms with E-state index in [1.807, 2.05) is 12.1 Å². The molecule has 2 aromatic carbocycles. The summed E-state index contributed by atoms with van der Waals surface area (Å²) in [5.41, 5.74) is 2.59. The summed E-state index contributed by atoms with van der Waals surface area (Å²) >= 11 is 0. The standard InChI is InChI=1S/C20H22O3/c1-2-3-4-7-16-10-12-17(13-11-16)14-20(22)23-19-9-6-5-8-18(19)15-21/h5-6,8-13,15H,2-4,7,14H2,1H3. The molecule has 0 spiro atoms. The molecule has 0 saturated carbocycles. The normalized spacial score (nSPS) is 10.3. The molecule has 2 aromatic rings. The summed E-state index contributed by atoms with van der Waals surface area (Å²) in [5.74, 6) is -0.0540. The Morgan fingerprint density at radius 3 is 2.39 bits per heavy atom. The van der Waals surface area contributed by atoms with Crippen molar-refractivity contribution in [2.75, 3.05) is 0 Å².